The Balaban J connectivity index is 1.50. The molecule has 1 fully saturated rings. The van der Waals surface area contributed by atoms with E-state index in [0.717, 1.165) is 0 Å². The molecule has 1 aromatic heterocycles. The normalized spacial score (nSPS) is 14.4. The Morgan fingerprint density at radius 1 is 1.12 bits per heavy atom. The molecule has 4 rings (SSSR count). The number of carbonyl (C=O) groups is 1. The van der Waals surface area contributed by atoms with Crippen molar-refractivity contribution in [2.24, 2.45) is 0 Å². The molecular formula is C22H24FN5O4S. The second kappa shape index (κ2) is 9.20. The van der Waals surface area contributed by atoms with Crippen LogP contribution in [-0.2, 0) is 10.0 Å². The van der Waals surface area contributed by atoms with Crippen LogP contribution in [0.4, 0.5) is 10.1 Å². The molecule has 2 heterocycles. The molecule has 0 radical (unpaired) electrons. The van der Waals surface area contributed by atoms with Crippen molar-refractivity contribution in [2.45, 2.75) is 4.90 Å². The highest BCUT2D eigenvalue weighted by atomic mass is 32.2. The lowest BCUT2D eigenvalue weighted by molar-refractivity contribution is 0.0740. The fraction of sp³-hybridized carbons (Fsp3) is 0.273. The molecule has 174 valence electrons. The molecule has 0 unspecified atom stereocenters. The second-order valence-electron chi connectivity index (χ2n) is 7.47. The molecule has 0 atom stereocenters. The Labute approximate surface area is 191 Å². The Bertz CT molecular complexity index is 1270. The number of rotatable bonds is 6. The lowest BCUT2D eigenvalue weighted by Crippen LogP contribution is -2.49. The largest absolute Gasteiger partial charge is 0.495 e. The predicted octanol–water partition coefficient (Wildman–Crippen LogP) is 2.09. The molecule has 3 aromatic rings. The standard InChI is InChI=1S/C22H24FN5O4S/c1-24-33(30,31)21-13-15(7-8-20(21)32-2)17-14-18(26-25-17)22(29)28-11-9-27(10-12-28)19-6-4-3-5-16(19)23/h3-8,13-14,24H,9-12H2,1-2H3,(H,25,26). The Morgan fingerprint density at radius 3 is 2.52 bits per heavy atom. The number of sulfonamides is 1. The third-order valence-corrected chi connectivity index (χ3v) is 7.02. The number of ether oxygens (including phenoxy) is 1. The number of H-pyrrole nitrogens is 1. The first-order chi connectivity index (χ1) is 15.8. The highest BCUT2D eigenvalue weighted by molar-refractivity contribution is 7.89. The van der Waals surface area contributed by atoms with Gasteiger partial charge in [-0.1, -0.05) is 12.1 Å². The summed E-state index contributed by atoms with van der Waals surface area (Å²) in [6.45, 7) is 1.90. The van der Waals surface area contributed by atoms with E-state index in [-0.39, 0.29) is 28.1 Å². The van der Waals surface area contributed by atoms with Gasteiger partial charge in [0, 0.05) is 31.7 Å². The number of hydrogen-bond donors (Lipinski definition) is 2. The van der Waals surface area contributed by atoms with Crippen LogP contribution in [0.2, 0.25) is 0 Å². The molecule has 2 N–H and O–H groups in total. The highest BCUT2D eigenvalue weighted by Gasteiger charge is 2.25. The van der Waals surface area contributed by atoms with Crippen molar-refractivity contribution >= 4 is 21.6 Å². The summed E-state index contributed by atoms with van der Waals surface area (Å²) in [4.78, 5) is 16.5. The van der Waals surface area contributed by atoms with Gasteiger partial charge in [-0.3, -0.25) is 9.89 Å². The van der Waals surface area contributed by atoms with Gasteiger partial charge in [0.15, 0.2) is 0 Å². The zero-order chi connectivity index (χ0) is 23.6. The summed E-state index contributed by atoms with van der Waals surface area (Å²) in [6.07, 6.45) is 0. The monoisotopic (exact) mass is 473 g/mol. The van der Waals surface area contributed by atoms with Crippen LogP contribution in [0, 0.1) is 5.82 Å². The molecular weight excluding hydrogens is 449 g/mol. The number of piperazine rings is 1. The molecule has 0 saturated carbocycles. The summed E-state index contributed by atoms with van der Waals surface area (Å²) in [6, 6.07) is 12.8. The zero-order valence-electron chi connectivity index (χ0n) is 18.2. The van der Waals surface area contributed by atoms with Crippen molar-refractivity contribution in [3.63, 3.8) is 0 Å². The van der Waals surface area contributed by atoms with Crippen molar-refractivity contribution in [3.05, 3.63) is 60.0 Å². The zero-order valence-corrected chi connectivity index (χ0v) is 19.0. The van der Waals surface area contributed by atoms with E-state index in [4.69, 9.17) is 4.74 Å². The molecule has 0 bridgehead atoms. The number of para-hydroxylation sites is 1. The second-order valence-corrected chi connectivity index (χ2v) is 9.33. The summed E-state index contributed by atoms with van der Waals surface area (Å²) in [5.74, 6) is -0.305. The SMILES string of the molecule is CNS(=O)(=O)c1cc(-c2cc(C(=O)N3CCN(c4ccccc4F)CC3)[nH]n2)ccc1OC. The summed E-state index contributed by atoms with van der Waals surface area (Å²) in [5, 5.41) is 6.94. The summed E-state index contributed by atoms with van der Waals surface area (Å²) in [7, 11) is -1.04. The number of amides is 1. The summed E-state index contributed by atoms with van der Waals surface area (Å²) in [5.41, 5.74) is 1.77. The molecule has 9 nitrogen and oxygen atoms in total. The van der Waals surface area contributed by atoms with Crippen LogP contribution in [0.15, 0.2) is 53.4 Å². The van der Waals surface area contributed by atoms with E-state index in [2.05, 4.69) is 14.9 Å². The van der Waals surface area contributed by atoms with Gasteiger partial charge in [0.05, 0.1) is 18.5 Å². The Hall–Kier alpha value is -3.44. The van der Waals surface area contributed by atoms with Gasteiger partial charge in [0.25, 0.3) is 5.91 Å². The average molecular weight is 474 g/mol. The van der Waals surface area contributed by atoms with E-state index in [0.29, 0.717) is 43.1 Å². The minimum Gasteiger partial charge on any atom is -0.495 e. The van der Waals surface area contributed by atoms with E-state index in [1.165, 1.54) is 32.4 Å². The first-order valence-corrected chi connectivity index (χ1v) is 11.8. The lowest BCUT2D eigenvalue weighted by Gasteiger charge is -2.36. The minimum absolute atomic E-state index is 0.0230. The third-order valence-electron chi connectivity index (χ3n) is 5.59. The molecule has 11 heteroatoms. The van der Waals surface area contributed by atoms with Gasteiger partial charge in [0.1, 0.15) is 22.2 Å². The van der Waals surface area contributed by atoms with Crippen molar-refractivity contribution in [1.82, 2.24) is 19.8 Å². The molecule has 1 amide bonds. The maximum absolute atomic E-state index is 14.0. The molecule has 1 aliphatic heterocycles. The van der Waals surface area contributed by atoms with E-state index in [1.54, 1.807) is 35.2 Å². The number of nitrogens with zero attached hydrogens (tertiary/aromatic N) is 3. The van der Waals surface area contributed by atoms with Crippen LogP contribution in [-0.4, -0.2) is 69.8 Å². The van der Waals surface area contributed by atoms with Crippen LogP contribution in [0.5, 0.6) is 5.75 Å². The van der Waals surface area contributed by atoms with E-state index in [9.17, 15) is 17.6 Å². The number of aromatic nitrogens is 2. The number of methoxy groups -OCH3 is 1. The maximum atomic E-state index is 14.0. The summed E-state index contributed by atoms with van der Waals surface area (Å²) >= 11 is 0. The van der Waals surface area contributed by atoms with Gasteiger partial charge < -0.3 is 14.5 Å². The Morgan fingerprint density at radius 2 is 1.85 bits per heavy atom. The van der Waals surface area contributed by atoms with E-state index in [1.807, 2.05) is 4.90 Å². The smallest absolute Gasteiger partial charge is 0.272 e. The van der Waals surface area contributed by atoms with Gasteiger partial charge in [-0.2, -0.15) is 5.10 Å². The average Bonchev–Trinajstić information content (AvgIpc) is 3.34. The minimum atomic E-state index is -3.75. The third kappa shape index (κ3) is 4.55. The van der Waals surface area contributed by atoms with Crippen molar-refractivity contribution in [3.8, 4) is 17.0 Å². The number of hydrogen-bond acceptors (Lipinski definition) is 6. The van der Waals surface area contributed by atoms with Gasteiger partial charge in [-0.15, -0.1) is 0 Å². The first-order valence-electron chi connectivity index (χ1n) is 10.3. The number of benzene rings is 2. The fourth-order valence-electron chi connectivity index (χ4n) is 3.76. The molecule has 33 heavy (non-hydrogen) atoms. The van der Waals surface area contributed by atoms with E-state index >= 15 is 0 Å². The topological polar surface area (TPSA) is 108 Å². The van der Waals surface area contributed by atoms with Crippen LogP contribution in [0.1, 0.15) is 10.5 Å². The number of carbonyl (C=O) groups excluding carboxylic acids is 1. The first kappa shape index (κ1) is 22.7. The Kier molecular flexibility index (Phi) is 6.34. The number of nitrogens with one attached hydrogen (secondary N) is 2. The van der Waals surface area contributed by atoms with Crippen LogP contribution >= 0.6 is 0 Å². The van der Waals surface area contributed by atoms with Crippen LogP contribution in [0.25, 0.3) is 11.3 Å². The van der Waals surface area contributed by atoms with Gasteiger partial charge in [0.2, 0.25) is 10.0 Å². The molecule has 0 aliphatic carbocycles. The summed E-state index contributed by atoms with van der Waals surface area (Å²) < 4.78 is 46.1. The van der Waals surface area contributed by atoms with Crippen LogP contribution in [0.3, 0.4) is 0 Å². The molecule has 1 aliphatic rings. The maximum Gasteiger partial charge on any atom is 0.272 e. The highest BCUT2D eigenvalue weighted by Crippen LogP contribution is 2.29. The van der Waals surface area contributed by atoms with E-state index < -0.39 is 10.0 Å². The molecule has 2 aromatic carbocycles. The molecule has 1 saturated heterocycles. The number of halogens is 1. The number of anilines is 1. The van der Waals surface area contributed by atoms with Crippen molar-refractivity contribution < 1.29 is 22.3 Å². The fourth-order valence-corrected chi connectivity index (χ4v) is 4.68. The number of aromatic amines is 1. The van der Waals surface area contributed by atoms with Gasteiger partial charge in [-0.05, 0) is 43.4 Å². The van der Waals surface area contributed by atoms with Crippen LogP contribution < -0.4 is 14.4 Å². The quantitative estimate of drug-likeness (QED) is 0.568. The van der Waals surface area contributed by atoms with Gasteiger partial charge >= 0.3 is 0 Å². The van der Waals surface area contributed by atoms with Crippen molar-refractivity contribution in [1.29, 1.82) is 0 Å². The predicted molar refractivity (Wildman–Crippen MR) is 121 cm³/mol. The molecule has 0 spiro atoms. The van der Waals surface area contributed by atoms with Crippen molar-refractivity contribution in [2.75, 3.05) is 45.2 Å². The van der Waals surface area contributed by atoms with Gasteiger partial charge in [-0.25, -0.2) is 17.5 Å². The lowest BCUT2D eigenvalue weighted by atomic mass is 10.1.